The van der Waals surface area contributed by atoms with E-state index in [1.54, 1.807) is 0 Å². The first-order valence-electron chi connectivity index (χ1n) is 8.17. The van der Waals surface area contributed by atoms with Crippen molar-refractivity contribution < 1.29 is 14.4 Å². The molecule has 0 rings (SSSR count). The van der Waals surface area contributed by atoms with Crippen molar-refractivity contribution in [3.05, 3.63) is 0 Å². The highest BCUT2D eigenvalue weighted by atomic mass is 127. The van der Waals surface area contributed by atoms with Crippen molar-refractivity contribution in [1.29, 1.82) is 0 Å². The molecule has 0 saturated carbocycles. The van der Waals surface area contributed by atoms with Gasteiger partial charge in [0.25, 0.3) is 0 Å². The van der Waals surface area contributed by atoms with Crippen LogP contribution in [0.3, 0.4) is 0 Å². The molecule has 3 nitrogen and oxygen atoms in total. The minimum Gasteiger partial charge on any atom is -0.324 e. The summed E-state index contributed by atoms with van der Waals surface area (Å²) in [5.74, 6) is 0. The summed E-state index contributed by atoms with van der Waals surface area (Å²) in [7, 11) is -3.75. The molecule has 122 valence electrons. The third-order valence-electron chi connectivity index (χ3n) is 3.58. The molecule has 0 bridgehead atoms. The Balaban J connectivity index is 3.01. The van der Waals surface area contributed by atoms with Crippen LogP contribution in [0.5, 0.6) is 0 Å². The second kappa shape index (κ2) is 14.8. The number of hydrogen-bond acceptors (Lipinski definition) is 1. The first kappa shape index (κ1) is 20.9. The molecule has 0 aliphatic carbocycles. The summed E-state index contributed by atoms with van der Waals surface area (Å²) in [5, 5.41) is 0. The zero-order valence-corrected chi connectivity index (χ0v) is 15.8. The molecule has 2 N–H and O–H groups in total. The van der Waals surface area contributed by atoms with Crippen molar-refractivity contribution in [2.75, 3.05) is 10.6 Å². The van der Waals surface area contributed by atoms with Gasteiger partial charge in [-0.25, -0.2) is 0 Å². The molecule has 0 fully saturated rings. The third-order valence-corrected chi connectivity index (χ3v) is 5.24. The van der Waals surface area contributed by atoms with Crippen LogP contribution in [0.15, 0.2) is 0 Å². The fraction of sp³-hybridized carbons (Fsp3) is 1.00. The zero-order valence-electron chi connectivity index (χ0n) is 12.7. The standard InChI is InChI=1S/C15H32IO3P/c16-14-12-10-8-6-4-2-1-3-5-7-9-11-13-15-20(17,18)19/h1-15H2,(H2,17,18,19). The van der Waals surface area contributed by atoms with E-state index in [-0.39, 0.29) is 6.16 Å². The summed E-state index contributed by atoms with van der Waals surface area (Å²) in [6.07, 6.45) is 16.3. The molecule has 0 aliphatic rings. The summed E-state index contributed by atoms with van der Waals surface area (Å²) in [4.78, 5) is 17.4. The predicted molar refractivity (Wildman–Crippen MR) is 95.8 cm³/mol. The number of rotatable bonds is 15. The molecule has 0 aromatic heterocycles. The van der Waals surface area contributed by atoms with E-state index in [0.29, 0.717) is 6.42 Å². The van der Waals surface area contributed by atoms with Crippen LogP contribution in [-0.2, 0) is 4.57 Å². The van der Waals surface area contributed by atoms with Crippen LogP contribution in [0, 0.1) is 0 Å². The smallest absolute Gasteiger partial charge is 0.324 e. The molecule has 5 heteroatoms. The average molecular weight is 418 g/mol. The highest BCUT2D eigenvalue weighted by Crippen LogP contribution is 2.35. The van der Waals surface area contributed by atoms with Gasteiger partial charge in [0, 0.05) is 6.16 Å². The van der Waals surface area contributed by atoms with Gasteiger partial charge >= 0.3 is 7.60 Å². The Hall–Kier alpha value is 0.880. The van der Waals surface area contributed by atoms with E-state index < -0.39 is 7.60 Å². The third kappa shape index (κ3) is 18.9. The van der Waals surface area contributed by atoms with Gasteiger partial charge < -0.3 is 9.79 Å². The maximum Gasteiger partial charge on any atom is 0.325 e. The van der Waals surface area contributed by atoms with E-state index in [2.05, 4.69) is 22.6 Å². The summed E-state index contributed by atoms with van der Waals surface area (Å²) < 4.78 is 11.9. The Morgan fingerprint density at radius 1 is 0.600 bits per heavy atom. The maximum atomic E-state index is 10.6. The van der Waals surface area contributed by atoms with Gasteiger partial charge in [0.05, 0.1) is 0 Å². The zero-order chi connectivity index (χ0) is 15.1. The molecule has 20 heavy (non-hydrogen) atoms. The molecule has 0 aromatic rings. The molecular formula is C15H32IO3P. The van der Waals surface area contributed by atoms with Crippen LogP contribution < -0.4 is 0 Å². The van der Waals surface area contributed by atoms with E-state index in [9.17, 15) is 4.57 Å². The van der Waals surface area contributed by atoms with Crippen LogP contribution in [0.1, 0.15) is 83.5 Å². The van der Waals surface area contributed by atoms with Crippen LogP contribution in [-0.4, -0.2) is 20.4 Å². The van der Waals surface area contributed by atoms with Crippen molar-refractivity contribution in [2.45, 2.75) is 83.5 Å². The van der Waals surface area contributed by atoms with E-state index in [1.165, 1.54) is 68.6 Å². The molecule has 0 spiro atoms. The van der Waals surface area contributed by atoms with Gasteiger partial charge in [-0.2, -0.15) is 0 Å². The molecule has 0 amide bonds. The Morgan fingerprint density at radius 2 is 0.900 bits per heavy atom. The molecule has 0 saturated heterocycles. The summed E-state index contributed by atoms with van der Waals surface area (Å²) >= 11 is 2.45. The summed E-state index contributed by atoms with van der Waals surface area (Å²) in [6.45, 7) is 0. The number of unbranched alkanes of at least 4 members (excludes halogenated alkanes) is 12. The lowest BCUT2D eigenvalue weighted by molar-refractivity contribution is 0.370. The average Bonchev–Trinajstić information content (AvgIpc) is 2.38. The van der Waals surface area contributed by atoms with Gasteiger partial charge in [-0.15, -0.1) is 0 Å². The minimum absolute atomic E-state index is 0.0601. The lowest BCUT2D eigenvalue weighted by Crippen LogP contribution is -1.88. The summed E-state index contributed by atoms with van der Waals surface area (Å²) in [5.41, 5.74) is 0. The van der Waals surface area contributed by atoms with Gasteiger partial charge in [0.15, 0.2) is 0 Å². The maximum absolute atomic E-state index is 10.6. The van der Waals surface area contributed by atoms with Crippen LogP contribution in [0.25, 0.3) is 0 Å². The molecule has 0 aliphatic heterocycles. The van der Waals surface area contributed by atoms with E-state index in [4.69, 9.17) is 9.79 Å². The van der Waals surface area contributed by atoms with Gasteiger partial charge in [-0.3, -0.25) is 4.57 Å². The van der Waals surface area contributed by atoms with Crippen molar-refractivity contribution in [1.82, 2.24) is 0 Å². The fourth-order valence-electron chi connectivity index (χ4n) is 2.36. The second-order valence-electron chi connectivity index (χ2n) is 5.67. The minimum atomic E-state index is -3.75. The molecule has 0 aromatic carbocycles. The Labute approximate surface area is 138 Å². The molecule has 0 radical (unpaired) electrons. The van der Waals surface area contributed by atoms with Crippen molar-refractivity contribution in [3.8, 4) is 0 Å². The monoisotopic (exact) mass is 418 g/mol. The van der Waals surface area contributed by atoms with Gasteiger partial charge in [0.1, 0.15) is 0 Å². The summed E-state index contributed by atoms with van der Waals surface area (Å²) in [6, 6.07) is 0. The van der Waals surface area contributed by atoms with E-state index >= 15 is 0 Å². The molecule has 0 heterocycles. The van der Waals surface area contributed by atoms with Gasteiger partial charge in [-0.1, -0.05) is 93.2 Å². The molecule has 0 atom stereocenters. The number of alkyl halides is 1. The highest BCUT2D eigenvalue weighted by molar-refractivity contribution is 14.1. The topological polar surface area (TPSA) is 57.5 Å². The van der Waals surface area contributed by atoms with Crippen molar-refractivity contribution in [3.63, 3.8) is 0 Å². The number of hydrogen-bond donors (Lipinski definition) is 2. The predicted octanol–water partition coefficient (Wildman–Crippen LogP) is 5.67. The van der Waals surface area contributed by atoms with E-state index in [1.807, 2.05) is 0 Å². The van der Waals surface area contributed by atoms with Gasteiger partial charge in [-0.05, 0) is 17.3 Å². The number of halogens is 1. The van der Waals surface area contributed by atoms with Crippen molar-refractivity contribution >= 4 is 30.2 Å². The second-order valence-corrected chi connectivity index (χ2v) is 8.53. The normalized spacial score (nSPS) is 11.9. The van der Waals surface area contributed by atoms with Crippen LogP contribution in [0.2, 0.25) is 0 Å². The Morgan fingerprint density at radius 3 is 1.20 bits per heavy atom. The van der Waals surface area contributed by atoms with Crippen LogP contribution in [0.4, 0.5) is 0 Å². The molecular weight excluding hydrogens is 386 g/mol. The van der Waals surface area contributed by atoms with E-state index in [0.717, 1.165) is 12.8 Å². The first-order valence-corrected chi connectivity index (χ1v) is 11.5. The van der Waals surface area contributed by atoms with Crippen molar-refractivity contribution in [2.24, 2.45) is 0 Å². The fourth-order valence-corrected chi connectivity index (χ4v) is 3.53. The largest absolute Gasteiger partial charge is 0.325 e. The lowest BCUT2D eigenvalue weighted by atomic mass is 10.1. The SMILES string of the molecule is O=P(O)(O)CCCCCCCCCCCCCCCI. The quantitative estimate of drug-likeness (QED) is 0.156. The molecule has 0 unspecified atom stereocenters. The van der Waals surface area contributed by atoms with Crippen LogP contribution >= 0.6 is 30.2 Å². The Bertz CT molecular complexity index is 243. The lowest BCUT2D eigenvalue weighted by Gasteiger charge is -2.04. The van der Waals surface area contributed by atoms with Gasteiger partial charge in [0.2, 0.25) is 0 Å². The first-order chi connectivity index (χ1) is 9.56. The highest BCUT2D eigenvalue weighted by Gasteiger charge is 2.10. The Kier molecular flexibility index (Phi) is 15.5.